The molecule has 8 aromatic carbocycles. The van der Waals surface area contributed by atoms with Crippen LogP contribution in [0.2, 0.25) is 0 Å². The Labute approximate surface area is 315 Å². The number of aliphatic imine (C=N–C) groups is 1. The number of hydrogen-bond acceptors (Lipinski definition) is 2. The summed E-state index contributed by atoms with van der Waals surface area (Å²) >= 11 is 0. The van der Waals surface area contributed by atoms with E-state index in [1.54, 1.807) is 0 Å². The van der Waals surface area contributed by atoms with Crippen molar-refractivity contribution in [3.05, 3.63) is 227 Å². The van der Waals surface area contributed by atoms with Gasteiger partial charge in [-0.3, -0.25) is 4.99 Å². The fourth-order valence-electron chi connectivity index (χ4n) is 9.28. The Bertz CT molecular complexity index is 2800. The summed E-state index contributed by atoms with van der Waals surface area (Å²) in [6, 6.07) is 66.0. The van der Waals surface area contributed by atoms with Gasteiger partial charge in [0.2, 0.25) is 0 Å². The highest BCUT2D eigenvalue weighted by molar-refractivity contribution is 6.05. The molecule has 0 aromatic heterocycles. The van der Waals surface area contributed by atoms with Crippen LogP contribution in [-0.4, -0.2) is 5.71 Å². The first-order valence-corrected chi connectivity index (χ1v) is 18.8. The van der Waals surface area contributed by atoms with Crippen molar-refractivity contribution in [1.82, 2.24) is 0 Å². The van der Waals surface area contributed by atoms with Gasteiger partial charge in [0.25, 0.3) is 0 Å². The zero-order chi connectivity index (χ0) is 35.6. The molecule has 0 saturated heterocycles. The van der Waals surface area contributed by atoms with Crippen LogP contribution >= 0.6 is 0 Å². The lowest BCUT2D eigenvalue weighted by atomic mass is 9.65. The average Bonchev–Trinajstić information content (AvgIpc) is 3.52. The molecule has 2 nitrogen and oxygen atoms in total. The first kappa shape index (κ1) is 30.8. The minimum atomic E-state index is -0.542. The molecule has 54 heavy (non-hydrogen) atoms. The molecular formula is C52H35NO. The van der Waals surface area contributed by atoms with Crippen LogP contribution in [0.4, 0.5) is 5.69 Å². The molecular weight excluding hydrogens is 655 g/mol. The normalized spacial score (nSPS) is 16.6. The topological polar surface area (TPSA) is 21.6 Å². The largest absolute Gasteiger partial charge is 0.457 e. The fourth-order valence-corrected chi connectivity index (χ4v) is 9.28. The second-order valence-corrected chi connectivity index (χ2v) is 14.5. The van der Waals surface area contributed by atoms with Crippen LogP contribution in [0.5, 0.6) is 11.5 Å². The fraction of sp³-hybridized carbons (Fsp3) is 0.0577. The van der Waals surface area contributed by atoms with E-state index in [0.29, 0.717) is 0 Å². The van der Waals surface area contributed by atoms with Crippen molar-refractivity contribution in [3.8, 4) is 33.8 Å². The molecule has 8 aromatic rings. The van der Waals surface area contributed by atoms with Crippen LogP contribution in [0, 0.1) is 0 Å². The maximum Gasteiger partial charge on any atom is 0.132 e. The van der Waals surface area contributed by atoms with Crippen molar-refractivity contribution < 1.29 is 4.74 Å². The van der Waals surface area contributed by atoms with Gasteiger partial charge >= 0.3 is 0 Å². The number of allylic oxidation sites excluding steroid dienone is 1. The summed E-state index contributed by atoms with van der Waals surface area (Å²) in [5.41, 5.74) is 16.3. The first-order chi connectivity index (χ1) is 26.8. The van der Waals surface area contributed by atoms with Crippen LogP contribution in [0.3, 0.4) is 0 Å². The van der Waals surface area contributed by atoms with Crippen molar-refractivity contribution in [3.63, 3.8) is 0 Å². The van der Waals surface area contributed by atoms with Gasteiger partial charge in [0.1, 0.15) is 11.5 Å². The van der Waals surface area contributed by atoms with E-state index in [1.807, 2.05) is 0 Å². The van der Waals surface area contributed by atoms with E-state index in [9.17, 15) is 0 Å². The van der Waals surface area contributed by atoms with Crippen LogP contribution in [0.25, 0.3) is 38.6 Å². The molecule has 2 heteroatoms. The average molecular weight is 690 g/mol. The third-order valence-corrected chi connectivity index (χ3v) is 11.6. The molecule has 2 aliphatic heterocycles. The van der Waals surface area contributed by atoms with E-state index in [0.717, 1.165) is 41.3 Å². The molecule has 0 fully saturated rings. The number of para-hydroxylation sites is 3. The highest BCUT2D eigenvalue weighted by atomic mass is 16.5. The number of nitrogens with zero attached hydrogens (tertiary/aromatic N) is 1. The second-order valence-electron chi connectivity index (χ2n) is 14.5. The molecule has 2 heterocycles. The molecule has 11 rings (SSSR count). The molecule has 0 N–H and O–H groups in total. The van der Waals surface area contributed by atoms with Crippen LogP contribution in [0.15, 0.2) is 193 Å². The number of ether oxygens (including phenoxy) is 1. The molecule has 3 aliphatic rings. The Balaban J connectivity index is 1.05. The Morgan fingerprint density at radius 2 is 1.11 bits per heavy atom. The lowest BCUT2D eigenvalue weighted by molar-refractivity contribution is 0.437. The highest BCUT2D eigenvalue weighted by Gasteiger charge is 2.52. The van der Waals surface area contributed by atoms with Crippen molar-refractivity contribution >= 4 is 27.7 Å². The summed E-state index contributed by atoms with van der Waals surface area (Å²) in [4.78, 5) is 5.31. The number of rotatable bonds is 3. The smallest absolute Gasteiger partial charge is 0.132 e. The van der Waals surface area contributed by atoms with E-state index in [1.165, 1.54) is 72.0 Å². The number of benzene rings is 8. The quantitative estimate of drug-likeness (QED) is 0.181. The molecule has 0 amide bonds. The standard InChI is InChI=1S/C52H35NO/c1-2-13-35(14-3-1)39-18-12-22-47(53-48-21-9-6-17-42(39)48)37-27-25-34(26-28-37)38-30-31-41-43-32-29-36-15-4-5-16-40(36)51(43)52(46(41)33-38)44-19-7-10-23-49(44)54-50-24-11-8-20-45(50)52/h1-11,13-21,23-33H,12,22H2/b39-18-,53-47+. The van der Waals surface area contributed by atoms with Gasteiger partial charge < -0.3 is 4.74 Å². The van der Waals surface area contributed by atoms with Gasteiger partial charge in [-0.1, -0.05) is 164 Å². The third kappa shape index (κ3) is 4.56. The SMILES string of the molecule is C1=C(/c2ccccc2)c2ccccc2/N=C(/c2ccc(-c3ccc4c(c3)C3(c5ccccc5Oc5ccccc53)c3c-4ccc4ccccc34)cc2)CC/1. The summed E-state index contributed by atoms with van der Waals surface area (Å²) in [7, 11) is 0. The molecule has 0 saturated carbocycles. The van der Waals surface area contributed by atoms with E-state index >= 15 is 0 Å². The lowest BCUT2D eigenvalue weighted by Crippen LogP contribution is -2.32. The number of fused-ring (bicyclic) bond motifs is 12. The maximum absolute atomic E-state index is 6.64. The Kier molecular flexibility index (Phi) is 6.93. The first-order valence-electron chi connectivity index (χ1n) is 18.8. The van der Waals surface area contributed by atoms with Gasteiger partial charge in [-0.25, -0.2) is 0 Å². The second kappa shape index (κ2) is 12.1. The van der Waals surface area contributed by atoms with Crippen LogP contribution in [0.1, 0.15) is 51.8 Å². The van der Waals surface area contributed by atoms with Crippen LogP contribution < -0.4 is 4.74 Å². The zero-order valence-corrected chi connectivity index (χ0v) is 29.7. The molecule has 0 bridgehead atoms. The minimum Gasteiger partial charge on any atom is -0.457 e. The predicted molar refractivity (Wildman–Crippen MR) is 222 cm³/mol. The Morgan fingerprint density at radius 1 is 0.463 bits per heavy atom. The summed E-state index contributed by atoms with van der Waals surface area (Å²) in [6.45, 7) is 0. The number of hydrogen-bond donors (Lipinski definition) is 0. The molecule has 254 valence electrons. The maximum atomic E-state index is 6.64. The van der Waals surface area contributed by atoms with Gasteiger partial charge in [0.15, 0.2) is 0 Å². The predicted octanol–water partition coefficient (Wildman–Crippen LogP) is 13.3. The minimum absolute atomic E-state index is 0.542. The van der Waals surface area contributed by atoms with E-state index < -0.39 is 5.41 Å². The van der Waals surface area contributed by atoms with E-state index in [2.05, 4.69) is 188 Å². The van der Waals surface area contributed by atoms with E-state index in [4.69, 9.17) is 9.73 Å². The summed E-state index contributed by atoms with van der Waals surface area (Å²) in [5, 5.41) is 2.52. The van der Waals surface area contributed by atoms with Gasteiger partial charge in [-0.05, 0) is 98.0 Å². The summed E-state index contributed by atoms with van der Waals surface area (Å²) in [5.74, 6) is 1.81. The summed E-state index contributed by atoms with van der Waals surface area (Å²) in [6.07, 6.45) is 4.18. The van der Waals surface area contributed by atoms with Crippen LogP contribution in [-0.2, 0) is 5.41 Å². The van der Waals surface area contributed by atoms with Crippen molar-refractivity contribution in [2.45, 2.75) is 18.3 Å². The van der Waals surface area contributed by atoms with E-state index in [-0.39, 0.29) is 0 Å². The zero-order valence-electron chi connectivity index (χ0n) is 29.7. The van der Waals surface area contributed by atoms with Gasteiger partial charge in [-0.2, -0.15) is 0 Å². The van der Waals surface area contributed by atoms with Crippen molar-refractivity contribution in [2.75, 3.05) is 0 Å². The van der Waals surface area contributed by atoms with Crippen molar-refractivity contribution in [2.24, 2.45) is 4.99 Å². The molecule has 1 spiro atoms. The highest BCUT2D eigenvalue weighted by Crippen LogP contribution is 2.63. The molecule has 0 atom stereocenters. The van der Waals surface area contributed by atoms with Gasteiger partial charge in [0.05, 0.1) is 11.1 Å². The molecule has 0 unspecified atom stereocenters. The monoisotopic (exact) mass is 689 g/mol. The van der Waals surface area contributed by atoms with Gasteiger partial charge in [-0.15, -0.1) is 0 Å². The molecule has 0 radical (unpaired) electrons. The Hall–Kier alpha value is -6.77. The Morgan fingerprint density at radius 3 is 1.93 bits per heavy atom. The molecule has 1 aliphatic carbocycles. The lowest BCUT2D eigenvalue weighted by Gasteiger charge is -2.40. The summed E-state index contributed by atoms with van der Waals surface area (Å²) < 4.78 is 6.64. The van der Waals surface area contributed by atoms with Gasteiger partial charge in [0, 0.05) is 22.4 Å². The van der Waals surface area contributed by atoms with Crippen molar-refractivity contribution in [1.29, 1.82) is 0 Å². The third-order valence-electron chi connectivity index (χ3n) is 11.6.